The summed E-state index contributed by atoms with van der Waals surface area (Å²) in [6, 6.07) is 0. The molecule has 4 aliphatic rings. The molecule has 4 aliphatic carbocycles. The van der Waals surface area contributed by atoms with Gasteiger partial charge in [0.25, 0.3) is 0 Å². The molecule has 0 spiro atoms. The molecule has 0 amide bonds. The van der Waals surface area contributed by atoms with Crippen molar-refractivity contribution in [2.45, 2.75) is 77.2 Å². The van der Waals surface area contributed by atoms with E-state index in [1.165, 1.54) is 51.4 Å². The van der Waals surface area contributed by atoms with Crippen LogP contribution < -0.4 is 5.73 Å². The summed E-state index contributed by atoms with van der Waals surface area (Å²) in [4.78, 5) is 0. The van der Waals surface area contributed by atoms with Crippen LogP contribution in [0.25, 0.3) is 0 Å². The molecule has 4 saturated carbocycles. The van der Waals surface area contributed by atoms with Gasteiger partial charge in [0.2, 0.25) is 0 Å². The number of fused-ring (bicyclic) bond motifs is 5. The third kappa shape index (κ3) is 1.97. The van der Waals surface area contributed by atoms with Crippen LogP contribution in [0.5, 0.6) is 0 Å². The van der Waals surface area contributed by atoms with E-state index in [1.807, 2.05) is 0 Å². The SMILES string of the molecule is C[C@]12CC[C@H](O)CC1CC[C@H]1[C@@H]3CCC[C@@]3(CN)CC[C@@H]12. The average Bonchev–Trinajstić information content (AvgIpc) is 2.92. The van der Waals surface area contributed by atoms with E-state index < -0.39 is 0 Å². The predicted molar refractivity (Wildman–Crippen MR) is 85.7 cm³/mol. The van der Waals surface area contributed by atoms with Gasteiger partial charge in [0.05, 0.1) is 6.10 Å². The topological polar surface area (TPSA) is 46.2 Å². The molecule has 4 rings (SSSR count). The fraction of sp³-hybridized carbons (Fsp3) is 1.00. The molecule has 2 nitrogen and oxygen atoms in total. The van der Waals surface area contributed by atoms with E-state index in [-0.39, 0.29) is 6.10 Å². The Balaban J connectivity index is 1.62. The second-order valence-electron chi connectivity index (χ2n) is 9.08. The minimum atomic E-state index is -0.0159. The highest BCUT2D eigenvalue weighted by Gasteiger charge is 2.58. The number of nitrogens with two attached hydrogens (primary N) is 1. The van der Waals surface area contributed by atoms with Gasteiger partial charge >= 0.3 is 0 Å². The summed E-state index contributed by atoms with van der Waals surface area (Å²) >= 11 is 0. The molecular weight excluding hydrogens is 258 g/mol. The van der Waals surface area contributed by atoms with Gasteiger partial charge in [-0.15, -0.1) is 0 Å². The first-order chi connectivity index (χ1) is 10.1. The van der Waals surface area contributed by atoms with Crippen molar-refractivity contribution in [3.63, 3.8) is 0 Å². The Hall–Kier alpha value is -0.0800. The molecule has 120 valence electrons. The third-order valence-corrected chi connectivity index (χ3v) is 8.57. The fourth-order valence-corrected chi connectivity index (χ4v) is 7.38. The molecule has 3 N–H and O–H groups in total. The Morgan fingerprint density at radius 3 is 2.67 bits per heavy atom. The van der Waals surface area contributed by atoms with Crippen molar-refractivity contribution in [2.75, 3.05) is 6.54 Å². The van der Waals surface area contributed by atoms with E-state index in [0.29, 0.717) is 10.8 Å². The fourth-order valence-electron chi connectivity index (χ4n) is 7.38. The molecule has 0 aromatic carbocycles. The normalized spacial score (nSPS) is 56.4. The lowest BCUT2D eigenvalue weighted by Crippen LogP contribution is -2.54. The first-order valence-electron chi connectivity index (χ1n) is 9.47. The minimum Gasteiger partial charge on any atom is -0.393 e. The second-order valence-corrected chi connectivity index (χ2v) is 9.08. The van der Waals surface area contributed by atoms with E-state index in [4.69, 9.17) is 5.73 Å². The monoisotopic (exact) mass is 291 g/mol. The van der Waals surface area contributed by atoms with Crippen molar-refractivity contribution in [1.82, 2.24) is 0 Å². The zero-order valence-corrected chi connectivity index (χ0v) is 13.7. The first-order valence-corrected chi connectivity index (χ1v) is 9.47. The smallest absolute Gasteiger partial charge is 0.0543 e. The Morgan fingerprint density at radius 1 is 1.00 bits per heavy atom. The third-order valence-electron chi connectivity index (χ3n) is 8.57. The average molecular weight is 291 g/mol. The molecule has 0 radical (unpaired) electrons. The number of hydrogen-bond donors (Lipinski definition) is 2. The minimum absolute atomic E-state index is 0.0159. The molecule has 0 bridgehead atoms. The Labute approximate surface area is 129 Å². The predicted octanol–water partition coefficient (Wildman–Crippen LogP) is 3.72. The highest BCUT2D eigenvalue weighted by Crippen LogP contribution is 2.66. The second kappa shape index (κ2) is 4.96. The van der Waals surface area contributed by atoms with Crippen molar-refractivity contribution in [2.24, 2.45) is 40.2 Å². The zero-order chi connectivity index (χ0) is 14.7. The van der Waals surface area contributed by atoms with Crippen LogP contribution in [-0.2, 0) is 0 Å². The standard InChI is InChI=1S/C19H33NO/c1-18-9-6-14(21)11-13(18)4-5-15-16(18)7-10-19(12-20)8-2-3-17(15)19/h13-17,21H,2-12,20H2,1H3/t13?,14-,15+,16-,17-,18-,19-/m0/s1. The lowest BCUT2D eigenvalue weighted by atomic mass is 9.45. The summed E-state index contributed by atoms with van der Waals surface area (Å²) in [6.45, 7) is 3.50. The van der Waals surface area contributed by atoms with Crippen LogP contribution in [0.1, 0.15) is 71.1 Å². The van der Waals surface area contributed by atoms with Gasteiger partial charge < -0.3 is 10.8 Å². The molecular formula is C19H33NO. The van der Waals surface area contributed by atoms with Crippen LogP contribution in [0, 0.1) is 34.5 Å². The first kappa shape index (κ1) is 14.5. The van der Waals surface area contributed by atoms with Crippen molar-refractivity contribution in [1.29, 1.82) is 0 Å². The largest absolute Gasteiger partial charge is 0.393 e. The van der Waals surface area contributed by atoms with Crippen molar-refractivity contribution in [3.05, 3.63) is 0 Å². The summed E-state index contributed by atoms with van der Waals surface area (Å²) in [5, 5.41) is 10.1. The number of rotatable bonds is 1. The Morgan fingerprint density at radius 2 is 1.86 bits per heavy atom. The van der Waals surface area contributed by atoms with Crippen LogP contribution in [0.3, 0.4) is 0 Å². The summed E-state index contributed by atoms with van der Waals surface area (Å²) in [6.07, 6.45) is 13.2. The number of hydrogen-bond acceptors (Lipinski definition) is 2. The lowest BCUT2D eigenvalue weighted by Gasteiger charge is -2.60. The lowest BCUT2D eigenvalue weighted by molar-refractivity contribution is -0.122. The van der Waals surface area contributed by atoms with Gasteiger partial charge in [0.15, 0.2) is 0 Å². The van der Waals surface area contributed by atoms with Crippen molar-refractivity contribution >= 4 is 0 Å². The number of aliphatic hydroxyl groups excluding tert-OH is 1. The molecule has 0 aromatic heterocycles. The molecule has 7 atom stereocenters. The zero-order valence-electron chi connectivity index (χ0n) is 13.7. The Kier molecular flexibility index (Phi) is 3.43. The highest BCUT2D eigenvalue weighted by molar-refractivity contribution is 5.08. The van der Waals surface area contributed by atoms with Gasteiger partial charge in [-0.25, -0.2) is 0 Å². The van der Waals surface area contributed by atoms with E-state index >= 15 is 0 Å². The molecule has 0 saturated heterocycles. The van der Waals surface area contributed by atoms with Crippen LogP contribution in [0.2, 0.25) is 0 Å². The maximum Gasteiger partial charge on any atom is 0.0543 e. The maximum absolute atomic E-state index is 10.1. The van der Waals surface area contributed by atoms with Crippen LogP contribution in [0.15, 0.2) is 0 Å². The maximum atomic E-state index is 10.1. The van der Waals surface area contributed by atoms with Gasteiger partial charge in [-0.05, 0) is 98.8 Å². The summed E-state index contributed by atoms with van der Waals surface area (Å²) in [5.74, 6) is 3.58. The van der Waals surface area contributed by atoms with E-state index in [1.54, 1.807) is 0 Å². The van der Waals surface area contributed by atoms with E-state index in [9.17, 15) is 5.11 Å². The highest BCUT2D eigenvalue weighted by atomic mass is 16.3. The molecule has 2 heteroatoms. The molecule has 0 aromatic rings. The quantitative estimate of drug-likeness (QED) is 0.773. The molecule has 0 heterocycles. The van der Waals surface area contributed by atoms with Gasteiger partial charge in [0, 0.05) is 0 Å². The van der Waals surface area contributed by atoms with Crippen molar-refractivity contribution in [3.8, 4) is 0 Å². The van der Waals surface area contributed by atoms with Crippen molar-refractivity contribution < 1.29 is 5.11 Å². The van der Waals surface area contributed by atoms with Gasteiger partial charge in [-0.1, -0.05) is 13.3 Å². The van der Waals surface area contributed by atoms with E-state index in [2.05, 4.69) is 6.92 Å². The van der Waals surface area contributed by atoms with Gasteiger partial charge in [-0.2, -0.15) is 0 Å². The van der Waals surface area contributed by atoms with Gasteiger partial charge in [0.1, 0.15) is 0 Å². The van der Waals surface area contributed by atoms with Crippen LogP contribution in [-0.4, -0.2) is 17.8 Å². The van der Waals surface area contributed by atoms with E-state index in [0.717, 1.165) is 43.1 Å². The summed E-state index contributed by atoms with van der Waals surface area (Å²) in [5.41, 5.74) is 7.28. The van der Waals surface area contributed by atoms with Gasteiger partial charge in [-0.3, -0.25) is 0 Å². The Bertz CT molecular complexity index is 410. The van der Waals surface area contributed by atoms with Crippen LogP contribution >= 0.6 is 0 Å². The molecule has 0 aliphatic heterocycles. The van der Waals surface area contributed by atoms with Crippen LogP contribution in [0.4, 0.5) is 0 Å². The summed E-state index contributed by atoms with van der Waals surface area (Å²) < 4.78 is 0. The summed E-state index contributed by atoms with van der Waals surface area (Å²) in [7, 11) is 0. The molecule has 1 unspecified atom stereocenters. The molecule has 4 fully saturated rings. The number of aliphatic hydroxyl groups is 1. The molecule has 21 heavy (non-hydrogen) atoms.